The van der Waals surface area contributed by atoms with Crippen molar-refractivity contribution in [3.05, 3.63) is 40.4 Å². The first-order valence-corrected chi connectivity index (χ1v) is 7.09. The van der Waals surface area contributed by atoms with E-state index in [9.17, 15) is 4.79 Å². The van der Waals surface area contributed by atoms with Gasteiger partial charge < -0.3 is 9.13 Å². The molecule has 20 heavy (non-hydrogen) atoms. The molecule has 0 aliphatic heterocycles. The van der Waals surface area contributed by atoms with Gasteiger partial charge in [-0.1, -0.05) is 31.5 Å². The van der Waals surface area contributed by atoms with E-state index in [1.807, 2.05) is 41.3 Å². The Morgan fingerprint density at radius 1 is 1.25 bits per heavy atom. The third-order valence-corrected chi connectivity index (χ3v) is 3.95. The molecule has 0 radical (unpaired) electrons. The highest BCUT2D eigenvalue weighted by atomic mass is 16.1. The second kappa shape index (κ2) is 4.78. The van der Waals surface area contributed by atoms with E-state index in [1.165, 1.54) is 0 Å². The van der Waals surface area contributed by atoms with E-state index in [0.717, 1.165) is 41.6 Å². The molecule has 3 aromatic rings. The van der Waals surface area contributed by atoms with E-state index in [-0.39, 0.29) is 5.56 Å². The normalized spacial score (nSPS) is 11.6. The number of unbranched alkanes of at least 4 members (excludes halogenated alkanes) is 1. The first-order chi connectivity index (χ1) is 9.65. The fourth-order valence-corrected chi connectivity index (χ4v) is 2.75. The minimum atomic E-state index is 0.0239. The summed E-state index contributed by atoms with van der Waals surface area (Å²) in [5.74, 6) is 0.871. The molecule has 0 aliphatic rings. The Morgan fingerprint density at radius 3 is 2.75 bits per heavy atom. The average molecular weight is 269 g/mol. The number of pyridine rings is 1. The van der Waals surface area contributed by atoms with Crippen molar-refractivity contribution in [1.29, 1.82) is 0 Å². The number of aryl methyl sites for hydroxylation is 3. The quantitative estimate of drug-likeness (QED) is 0.733. The standard InChI is InChI=1S/C16H19N3O/c1-4-5-10-19-13-9-7-6-8-12(13)15-14(16(19)20)17-11(2)18(15)3/h6-9H,4-5,10H2,1-3H3. The van der Waals surface area contributed by atoms with Crippen molar-refractivity contribution in [2.75, 3.05) is 0 Å². The molecule has 0 N–H and O–H groups in total. The smallest absolute Gasteiger partial charge is 0.279 e. The minimum absolute atomic E-state index is 0.0239. The summed E-state index contributed by atoms with van der Waals surface area (Å²) in [5, 5.41) is 1.10. The minimum Gasteiger partial charge on any atom is -0.331 e. The van der Waals surface area contributed by atoms with Gasteiger partial charge in [-0.05, 0) is 19.4 Å². The van der Waals surface area contributed by atoms with Crippen LogP contribution in [0.25, 0.3) is 21.9 Å². The molecule has 2 heterocycles. The SMILES string of the molecule is CCCCn1c(=O)c2nc(C)n(C)c2c2ccccc21. The molecule has 1 aromatic carbocycles. The first-order valence-electron chi connectivity index (χ1n) is 7.09. The lowest BCUT2D eigenvalue weighted by molar-refractivity contribution is 0.634. The fraction of sp³-hybridized carbons (Fsp3) is 0.375. The predicted molar refractivity (Wildman–Crippen MR) is 82.1 cm³/mol. The van der Waals surface area contributed by atoms with E-state index in [0.29, 0.717) is 5.52 Å². The van der Waals surface area contributed by atoms with Crippen LogP contribution < -0.4 is 5.56 Å². The largest absolute Gasteiger partial charge is 0.331 e. The van der Waals surface area contributed by atoms with Gasteiger partial charge in [-0.3, -0.25) is 4.79 Å². The van der Waals surface area contributed by atoms with Gasteiger partial charge in [0.05, 0.1) is 11.0 Å². The number of para-hydroxylation sites is 1. The van der Waals surface area contributed by atoms with E-state index >= 15 is 0 Å². The molecule has 2 aromatic heterocycles. The maximum Gasteiger partial charge on any atom is 0.279 e. The fourth-order valence-electron chi connectivity index (χ4n) is 2.75. The molecule has 0 aliphatic carbocycles. The van der Waals surface area contributed by atoms with Crippen molar-refractivity contribution in [1.82, 2.24) is 14.1 Å². The molecule has 4 heteroatoms. The van der Waals surface area contributed by atoms with Crippen LogP contribution in [0.2, 0.25) is 0 Å². The van der Waals surface area contributed by atoms with Crippen molar-refractivity contribution < 1.29 is 0 Å². The third-order valence-electron chi connectivity index (χ3n) is 3.95. The Bertz CT molecular complexity index is 842. The van der Waals surface area contributed by atoms with Crippen molar-refractivity contribution >= 4 is 21.9 Å². The van der Waals surface area contributed by atoms with Gasteiger partial charge in [-0.2, -0.15) is 0 Å². The molecule has 0 bridgehead atoms. The van der Waals surface area contributed by atoms with Gasteiger partial charge in [0, 0.05) is 19.0 Å². The van der Waals surface area contributed by atoms with Gasteiger partial charge in [0.1, 0.15) is 5.82 Å². The zero-order valence-corrected chi connectivity index (χ0v) is 12.2. The van der Waals surface area contributed by atoms with Gasteiger partial charge in [0.15, 0.2) is 5.52 Å². The Morgan fingerprint density at radius 2 is 2.00 bits per heavy atom. The van der Waals surface area contributed by atoms with Crippen LogP contribution in [-0.4, -0.2) is 14.1 Å². The van der Waals surface area contributed by atoms with Crippen LogP contribution in [0.15, 0.2) is 29.1 Å². The van der Waals surface area contributed by atoms with Crippen LogP contribution in [0, 0.1) is 6.92 Å². The molecule has 0 spiro atoms. The summed E-state index contributed by atoms with van der Waals surface area (Å²) in [7, 11) is 1.97. The van der Waals surface area contributed by atoms with E-state index in [1.54, 1.807) is 0 Å². The number of hydrogen-bond acceptors (Lipinski definition) is 2. The number of aromatic nitrogens is 3. The van der Waals surface area contributed by atoms with Gasteiger partial charge in [-0.25, -0.2) is 4.98 Å². The molecule has 3 rings (SSSR count). The summed E-state index contributed by atoms with van der Waals surface area (Å²) in [6.45, 7) is 4.82. The summed E-state index contributed by atoms with van der Waals surface area (Å²) >= 11 is 0. The lowest BCUT2D eigenvalue weighted by atomic mass is 10.1. The third kappa shape index (κ3) is 1.75. The monoisotopic (exact) mass is 269 g/mol. The summed E-state index contributed by atoms with van der Waals surface area (Å²) in [6.07, 6.45) is 2.07. The Labute approximate surface area is 117 Å². The molecule has 0 atom stereocenters. The van der Waals surface area contributed by atoms with Crippen molar-refractivity contribution in [2.45, 2.75) is 33.2 Å². The van der Waals surface area contributed by atoms with Crippen LogP contribution >= 0.6 is 0 Å². The van der Waals surface area contributed by atoms with Crippen molar-refractivity contribution in [3.8, 4) is 0 Å². The summed E-state index contributed by atoms with van der Waals surface area (Å²) in [5.41, 5.74) is 2.55. The Balaban J connectivity index is 2.48. The number of benzene rings is 1. The Kier molecular flexibility index (Phi) is 3.08. The van der Waals surface area contributed by atoms with Crippen LogP contribution in [-0.2, 0) is 13.6 Å². The van der Waals surface area contributed by atoms with Gasteiger partial charge in [-0.15, -0.1) is 0 Å². The van der Waals surface area contributed by atoms with E-state index in [4.69, 9.17) is 0 Å². The highest BCUT2D eigenvalue weighted by molar-refractivity contribution is 6.02. The molecule has 0 saturated heterocycles. The van der Waals surface area contributed by atoms with Crippen LogP contribution in [0.1, 0.15) is 25.6 Å². The lowest BCUT2D eigenvalue weighted by Crippen LogP contribution is -2.21. The second-order valence-electron chi connectivity index (χ2n) is 5.24. The maximum absolute atomic E-state index is 12.7. The summed E-state index contributed by atoms with van der Waals surface area (Å²) < 4.78 is 3.87. The second-order valence-corrected chi connectivity index (χ2v) is 5.24. The Hall–Kier alpha value is -2.10. The number of rotatable bonds is 3. The van der Waals surface area contributed by atoms with Crippen molar-refractivity contribution in [2.24, 2.45) is 7.05 Å². The summed E-state index contributed by atoms with van der Waals surface area (Å²) in [4.78, 5) is 17.2. The predicted octanol–water partition coefficient (Wildman–Crippen LogP) is 3.00. The van der Waals surface area contributed by atoms with Crippen LogP contribution in [0.5, 0.6) is 0 Å². The van der Waals surface area contributed by atoms with Crippen LogP contribution in [0.3, 0.4) is 0 Å². The highest BCUT2D eigenvalue weighted by Crippen LogP contribution is 2.23. The first kappa shape index (κ1) is 12.9. The molecule has 0 fully saturated rings. The van der Waals surface area contributed by atoms with Gasteiger partial charge in [0.25, 0.3) is 5.56 Å². The zero-order valence-electron chi connectivity index (χ0n) is 12.2. The lowest BCUT2D eigenvalue weighted by Gasteiger charge is -2.11. The number of hydrogen-bond donors (Lipinski definition) is 0. The average Bonchev–Trinajstić information content (AvgIpc) is 2.76. The zero-order chi connectivity index (χ0) is 14.3. The summed E-state index contributed by atoms with van der Waals surface area (Å²) in [6, 6.07) is 8.09. The highest BCUT2D eigenvalue weighted by Gasteiger charge is 2.15. The van der Waals surface area contributed by atoms with Gasteiger partial charge >= 0.3 is 0 Å². The van der Waals surface area contributed by atoms with Crippen LogP contribution in [0.4, 0.5) is 0 Å². The van der Waals surface area contributed by atoms with E-state index < -0.39 is 0 Å². The number of imidazole rings is 1. The molecule has 0 amide bonds. The molecule has 4 nitrogen and oxygen atoms in total. The van der Waals surface area contributed by atoms with Gasteiger partial charge in [0.2, 0.25) is 0 Å². The topological polar surface area (TPSA) is 39.8 Å². The number of nitrogens with zero attached hydrogens (tertiary/aromatic N) is 3. The number of fused-ring (bicyclic) bond motifs is 3. The maximum atomic E-state index is 12.7. The molecule has 0 saturated carbocycles. The van der Waals surface area contributed by atoms with E-state index in [2.05, 4.69) is 18.0 Å². The molecule has 104 valence electrons. The molecular weight excluding hydrogens is 250 g/mol. The molecular formula is C16H19N3O. The molecule has 0 unspecified atom stereocenters. The van der Waals surface area contributed by atoms with Crippen molar-refractivity contribution in [3.63, 3.8) is 0 Å².